The molecule has 2 aromatic rings. The van der Waals surface area contributed by atoms with Gasteiger partial charge in [-0.3, -0.25) is 0 Å². The van der Waals surface area contributed by atoms with Crippen molar-refractivity contribution in [1.82, 2.24) is 15.2 Å². The van der Waals surface area contributed by atoms with E-state index in [2.05, 4.69) is 31.1 Å². The second-order valence-corrected chi connectivity index (χ2v) is 3.67. The molecule has 2 rings (SSSR count). The van der Waals surface area contributed by atoms with Gasteiger partial charge in [0, 0.05) is 11.8 Å². The molecule has 0 saturated heterocycles. The van der Waals surface area contributed by atoms with Gasteiger partial charge in [-0.1, -0.05) is 0 Å². The predicted molar refractivity (Wildman–Crippen MR) is 59.5 cm³/mol. The Hall–Kier alpha value is -1.49. The molecule has 0 aliphatic carbocycles. The second kappa shape index (κ2) is 4.35. The molecule has 0 fully saturated rings. The van der Waals surface area contributed by atoms with E-state index in [4.69, 9.17) is 4.74 Å². The molecule has 0 N–H and O–H groups in total. The van der Waals surface area contributed by atoms with Gasteiger partial charge >= 0.3 is 0 Å². The monoisotopic (exact) mass is 265 g/mol. The average molecular weight is 266 g/mol. The first-order chi connectivity index (χ1) is 7.31. The van der Waals surface area contributed by atoms with Gasteiger partial charge in [0.15, 0.2) is 5.82 Å². The standard InChI is InChI=1S/C10H8BrN3O/c1-15-9-3-2-7(6-8(9)11)10-12-4-5-13-14-10/h2-6H,1H3. The first-order valence-electron chi connectivity index (χ1n) is 4.29. The van der Waals surface area contributed by atoms with Crippen molar-refractivity contribution in [1.29, 1.82) is 0 Å². The minimum atomic E-state index is 0.598. The van der Waals surface area contributed by atoms with Crippen molar-refractivity contribution in [3.63, 3.8) is 0 Å². The number of hydrogen-bond acceptors (Lipinski definition) is 4. The lowest BCUT2D eigenvalue weighted by Crippen LogP contribution is -1.91. The molecule has 0 amide bonds. The number of nitrogens with zero attached hydrogens (tertiary/aromatic N) is 3. The molecule has 76 valence electrons. The highest BCUT2D eigenvalue weighted by atomic mass is 79.9. The van der Waals surface area contributed by atoms with E-state index in [1.165, 1.54) is 0 Å². The zero-order chi connectivity index (χ0) is 10.7. The highest BCUT2D eigenvalue weighted by molar-refractivity contribution is 9.10. The molecular weight excluding hydrogens is 258 g/mol. The SMILES string of the molecule is COc1ccc(-c2nccnn2)cc1Br. The lowest BCUT2D eigenvalue weighted by atomic mass is 10.2. The van der Waals surface area contributed by atoms with Gasteiger partial charge in [0.1, 0.15) is 5.75 Å². The van der Waals surface area contributed by atoms with E-state index in [1.54, 1.807) is 19.5 Å². The molecule has 0 saturated carbocycles. The lowest BCUT2D eigenvalue weighted by Gasteiger charge is -2.04. The third kappa shape index (κ3) is 2.12. The van der Waals surface area contributed by atoms with Gasteiger partial charge in [0.25, 0.3) is 0 Å². The molecular formula is C10H8BrN3O. The van der Waals surface area contributed by atoms with Crippen LogP contribution in [0.25, 0.3) is 11.4 Å². The Morgan fingerprint density at radius 1 is 1.27 bits per heavy atom. The number of methoxy groups -OCH3 is 1. The van der Waals surface area contributed by atoms with Crippen LogP contribution in [0.2, 0.25) is 0 Å². The summed E-state index contributed by atoms with van der Waals surface area (Å²) in [5.41, 5.74) is 0.899. The fourth-order valence-electron chi connectivity index (χ4n) is 1.19. The maximum Gasteiger partial charge on any atom is 0.181 e. The van der Waals surface area contributed by atoms with Gasteiger partial charge in [0.2, 0.25) is 0 Å². The molecule has 5 heteroatoms. The summed E-state index contributed by atoms with van der Waals surface area (Å²) in [5, 5.41) is 7.70. The van der Waals surface area contributed by atoms with Crippen LogP contribution in [-0.4, -0.2) is 22.3 Å². The van der Waals surface area contributed by atoms with Crippen LogP contribution in [0.1, 0.15) is 0 Å². The van der Waals surface area contributed by atoms with E-state index in [9.17, 15) is 0 Å². The van der Waals surface area contributed by atoms with Gasteiger partial charge < -0.3 is 4.74 Å². The number of aromatic nitrogens is 3. The minimum Gasteiger partial charge on any atom is -0.496 e. The third-order valence-electron chi connectivity index (χ3n) is 1.89. The minimum absolute atomic E-state index is 0.598. The van der Waals surface area contributed by atoms with Gasteiger partial charge in [-0.2, -0.15) is 5.10 Å². The highest BCUT2D eigenvalue weighted by Crippen LogP contribution is 2.28. The Balaban J connectivity index is 2.43. The molecule has 4 nitrogen and oxygen atoms in total. The van der Waals surface area contributed by atoms with Crippen molar-refractivity contribution < 1.29 is 4.74 Å². The maximum atomic E-state index is 5.13. The van der Waals surface area contributed by atoms with E-state index in [-0.39, 0.29) is 0 Å². The van der Waals surface area contributed by atoms with E-state index in [1.807, 2.05) is 18.2 Å². The van der Waals surface area contributed by atoms with Crippen LogP contribution >= 0.6 is 15.9 Å². The Morgan fingerprint density at radius 2 is 2.13 bits per heavy atom. The normalized spacial score (nSPS) is 10.0. The number of halogens is 1. The largest absolute Gasteiger partial charge is 0.496 e. The summed E-state index contributed by atoms with van der Waals surface area (Å²) in [4.78, 5) is 4.11. The smallest absolute Gasteiger partial charge is 0.181 e. The van der Waals surface area contributed by atoms with Gasteiger partial charge in [0.05, 0.1) is 17.8 Å². The fourth-order valence-corrected chi connectivity index (χ4v) is 1.73. The van der Waals surface area contributed by atoms with Crippen LogP contribution in [0.4, 0.5) is 0 Å². The molecule has 0 spiro atoms. The Labute approximate surface area is 95.5 Å². The number of hydrogen-bond donors (Lipinski definition) is 0. The van der Waals surface area contributed by atoms with Crippen molar-refractivity contribution >= 4 is 15.9 Å². The quantitative estimate of drug-likeness (QED) is 0.836. The van der Waals surface area contributed by atoms with Crippen molar-refractivity contribution in [2.75, 3.05) is 7.11 Å². The first kappa shape index (κ1) is 10.0. The van der Waals surface area contributed by atoms with Crippen LogP contribution in [-0.2, 0) is 0 Å². The topological polar surface area (TPSA) is 47.9 Å². The highest BCUT2D eigenvalue weighted by Gasteiger charge is 2.05. The van der Waals surface area contributed by atoms with Crippen molar-refractivity contribution in [2.24, 2.45) is 0 Å². The van der Waals surface area contributed by atoms with Crippen LogP contribution in [0.15, 0.2) is 35.1 Å². The van der Waals surface area contributed by atoms with Crippen LogP contribution in [0.5, 0.6) is 5.75 Å². The molecule has 0 aliphatic heterocycles. The first-order valence-corrected chi connectivity index (χ1v) is 5.08. The summed E-state index contributed by atoms with van der Waals surface area (Å²) in [5.74, 6) is 1.38. The molecule has 1 aromatic heterocycles. The van der Waals surface area contributed by atoms with E-state index in [0.29, 0.717) is 5.82 Å². The Kier molecular flexibility index (Phi) is 2.91. The predicted octanol–water partition coefficient (Wildman–Crippen LogP) is 2.31. The van der Waals surface area contributed by atoms with Crippen LogP contribution in [0, 0.1) is 0 Å². The van der Waals surface area contributed by atoms with Gasteiger partial charge in [-0.05, 0) is 34.1 Å². The van der Waals surface area contributed by atoms with Crippen molar-refractivity contribution in [3.8, 4) is 17.1 Å². The van der Waals surface area contributed by atoms with E-state index >= 15 is 0 Å². The van der Waals surface area contributed by atoms with Crippen LogP contribution in [0.3, 0.4) is 0 Å². The Bertz CT molecular complexity index is 461. The third-order valence-corrected chi connectivity index (χ3v) is 2.51. The number of ether oxygens (including phenoxy) is 1. The van der Waals surface area contributed by atoms with E-state index < -0.39 is 0 Å². The zero-order valence-corrected chi connectivity index (χ0v) is 9.60. The summed E-state index contributed by atoms with van der Waals surface area (Å²) in [6.07, 6.45) is 3.16. The van der Waals surface area contributed by atoms with Crippen LogP contribution < -0.4 is 4.74 Å². The summed E-state index contributed by atoms with van der Waals surface area (Å²) >= 11 is 3.40. The molecule has 0 unspecified atom stereocenters. The average Bonchev–Trinajstić information content (AvgIpc) is 2.30. The number of rotatable bonds is 2. The van der Waals surface area contributed by atoms with E-state index in [0.717, 1.165) is 15.8 Å². The summed E-state index contributed by atoms with van der Waals surface area (Å²) < 4.78 is 6.00. The molecule has 1 heterocycles. The molecule has 0 radical (unpaired) electrons. The Morgan fingerprint density at radius 3 is 2.73 bits per heavy atom. The molecule has 15 heavy (non-hydrogen) atoms. The summed E-state index contributed by atoms with van der Waals surface area (Å²) in [7, 11) is 1.63. The summed E-state index contributed by atoms with van der Waals surface area (Å²) in [6.45, 7) is 0. The molecule has 0 bridgehead atoms. The second-order valence-electron chi connectivity index (χ2n) is 2.82. The zero-order valence-electron chi connectivity index (χ0n) is 8.01. The maximum absolute atomic E-state index is 5.13. The molecule has 0 atom stereocenters. The van der Waals surface area contributed by atoms with Gasteiger partial charge in [-0.15, -0.1) is 5.10 Å². The summed E-state index contributed by atoms with van der Waals surface area (Å²) in [6, 6.07) is 5.65. The number of benzene rings is 1. The fraction of sp³-hybridized carbons (Fsp3) is 0.100. The van der Waals surface area contributed by atoms with Gasteiger partial charge in [-0.25, -0.2) is 4.98 Å². The van der Waals surface area contributed by atoms with Crippen molar-refractivity contribution in [2.45, 2.75) is 0 Å². The molecule has 1 aromatic carbocycles. The molecule has 0 aliphatic rings. The van der Waals surface area contributed by atoms with Crippen molar-refractivity contribution in [3.05, 3.63) is 35.1 Å². The lowest BCUT2D eigenvalue weighted by molar-refractivity contribution is 0.412.